The number of aliphatic hydroxyl groups excluding tert-OH is 2. The zero-order chi connectivity index (χ0) is 12.1. The maximum absolute atomic E-state index is 11.7. The number of ether oxygens (including phenoxy) is 1. The van der Waals surface area contributed by atoms with Crippen LogP contribution in [0.4, 0.5) is 0 Å². The van der Waals surface area contributed by atoms with Gasteiger partial charge in [0.05, 0.1) is 18.8 Å². The summed E-state index contributed by atoms with van der Waals surface area (Å²) in [5, 5.41) is 18.9. The molecular weight excluding hydrogens is 210 g/mol. The number of esters is 1. The van der Waals surface area contributed by atoms with E-state index in [1.807, 2.05) is 6.92 Å². The summed E-state index contributed by atoms with van der Waals surface area (Å²) in [7, 11) is 0. The maximum atomic E-state index is 11.7. The summed E-state index contributed by atoms with van der Waals surface area (Å²) in [6, 6.07) is -0.336. The van der Waals surface area contributed by atoms with E-state index in [2.05, 4.69) is 0 Å². The van der Waals surface area contributed by atoms with Crippen LogP contribution in [0, 0.1) is 0 Å². The molecule has 0 aromatic heterocycles. The molecule has 0 aromatic rings. The molecule has 0 aliphatic carbocycles. The Balaban J connectivity index is 2.60. The predicted octanol–water partition coefficient (Wildman–Crippen LogP) is -0.244. The number of hydrogen-bond acceptors (Lipinski definition) is 5. The molecule has 1 aliphatic rings. The molecule has 0 bridgehead atoms. The molecule has 0 amide bonds. The van der Waals surface area contributed by atoms with E-state index in [0.29, 0.717) is 26.1 Å². The van der Waals surface area contributed by atoms with Crippen molar-refractivity contribution in [3.05, 3.63) is 0 Å². The van der Waals surface area contributed by atoms with Gasteiger partial charge in [-0.05, 0) is 13.3 Å². The Labute approximate surface area is 96.0 Å². The molecular formula is C11H21NO4. The largest absolute Gasteiger partial charge is 0.465 e. The smallest absolute Gasteiger partial charge is 0.323 e. The average molecular weight is 231 g/mol. The first-order valence-electron chi connectivity index (χ1n) is 5.86. The highest BCUT2D eigenvalue weighted by Crippen LogP contribution is 2.17. The van der Waals surface area contributed by atoms with Crippen molar-refractivity contribution >= 4 is 5.97 Å². The highest BCUT2D eigenvalue weighted by atomic mass is 16.5. The molecule has 5 heteroatoms. The van der Waals surface area contributed by atoms with Crippen LogP contribution < -0.4 is 0 Å². The Hall–Kier alpha value is -0.650. The second-order valence-electron chi connectivity index (χ2n) is 4.15. The quantitative estimate of drug-likeness (QED) is 0.639. The number of hydrogen-bond donors (Lipinski definition) is 2. The Bertz CT molecular complexity index is 224. The van der Waals surface area contributed by atoms with Crippen LogP contribution in [0.25, 0.3) is 0 Å². The molecule has 0 unspecified atom stereocenters. The van der Waals surface area contributed by atoms with E-state index in [1.165, 1.54) is 0 Å². The van der Waals surface area contributed by atoms with Crippen molar-refractivity contribution in [1.82, 2.24) is 4.90 Å². The zero-order valence-corrected chi connectivity index (χ0v) is 9.93. The Morgan fingerprint density at radius 2 is 1.94 bits per heavy atom. The number of β-amino-alcohol motifs (C(OH)–C–C–N with tert-alkyl or cyclic N) is 2. The van der Waals surface area contributed by atoms with Crippen LogP contribution in [0.1, 0.15) is 26.7 Å². The van der Waals surface area contributed by atoms with Crippen molar-refractivity contribution in [3.63, 3.8) is 0 Å². The van der Waals surface area contributed by atoms with Crippen LogP contribution in [-0.2, 0) is 9.53 Å². The van der Waals surface area contributed by atoms with E-state index in [-0.39, 0.29) is 12.0 Å². The Kier molecular flexibility index (Phi) is 5.18. The highest BCUT2D eigenvalue weighted by molar-refractivity contribution is 5.75. The van der Waals surface area contributed by atoms with Crippen molar-refractivity contribution < 1.29 is 19.7 Å². The van der Waals surface area contributed by atoms with E-state index >= 15 is 0 Å². The Morgan fingerprint density at radius 1 is 1.38 bits per heavy atom. The van der Waals surface area contributed by atoms with E-state index in [0.717, 1.165) is 6.42 Å². The van der Waals surface area contributed by atoms with Crippen LogP contribution in [-0.4, -0.2) is 59.0 Å². The molecule has 1 aliphatic heterocycles. The van der Waals surface area contributed by atoms with Crippen LogP contribution in [0.15, 0.2) is 0 Å². The van der Waals surface area contributed by atoms with Gasteiger partial charge in [0.2, 0.25) is 0 Å². The lowest BCUT2D eigenvalue weighted by Crippen LogP contribution is -2.41. The van der Waals surface area contributed by atoms with Crippen molar-refractivity contribution in [2.24, 2.45) is 0 Å². The fraction of sp³-hybridized carbons (Fsp3) is 0.909. The number of carbonyl (C=O) groups is 1. The molecule has 0 spiro atoms. The van der Waals surface area contributed by atoms with Gasteiger partial charge in [-0.3, -0.25) is 9.69 Å². The minimum atomic E-state index is -0.756. The van der Waals surface area contributed by atoms with Crippen LogP contribution in [0.3, 0.4) is 0 Å². The molecule has 94 valence electrons. The second kappa shape index (κ2) is 6.18. The maximum Gasteiger partial charge on any atom is 0.323 e. The van der Waals surface area contributed by atoms with Gasteiger partial charge in [-0.1, -0.05) is 13.3 Å². The summed E-state index contributed by atoms with van der Waals surface area (Å²) < 4.78 is 5.00. The first kappa shape index (κ1) is 13.4. The first-order chi connectivity index (χ1) is 7.60. The molecule has 3 atom stereocenters. The molecule has 1 fully saturated rings. The molecule has 5 nitrogen and oxygen atoms in total. The van der Waals surface area contributed by atoms with E-state index in [4.69, 9.17) is 4.74 Å². The van der Waals surface area contributed by atoms with E-state index in [9.17, 15) is 15.0 Å². The lowest BCUT2D eigenvalue weighted by atomic mass is 10.1. The monoisotopic (exact) mass is 231 g/mol. The summed E-state index contributed by atoms with van der Waals surface area (Å²) in [6.45, 7) is 4.80. The summed E-state index contributed by atoms with van der Waals surface area (Å²) in [4.78, 5) is 13.5. The third-order valence-corrected chi connectivity index (χ3v) is 2.85. The molecule has 16 heavy (non-hydrogen) atoms. The molecule has 0 radical (unpaired) electrons. The third-order valence-electron chi connectivity index (χ3n) is 2.85. The summed E-state index contributed by atoms with van der Waals surface area (Å²) in [6.07, 6.45) is 0.0485. The molecule has 2 N–H and O–H groups in total. The molecule has 1 heterocycles. The summed E-state index contributed by atoms with van der Waals surface area (Å²) in [5.41, 5.74) is 0. The number of likely N-dealkylation sites (tertiary alicyclic amines) is 1. The van der Waals surface area contributed by atoms with Gasteiger partial charge in [0.1, 0.15) is 6.04 Å². The van der Waals surface area contributed by atoms with Gasteiger partial charge in [-0.25, -0.2) is 0 Å². The number of nitrogens with zero attached hydrogens (tertiary/aromatic N) is 1. The zero-order valence-electron chi connectivity index (χ0n) is 9.93. The van der Waals surface area contributed by atoms with Gasteiger partial charge in [0, 0.05) is 13.1 Å². The van der Waals surface area contributed by atoms with Crippen LogP contribution in [0.2, 0.25) is 0 Å². The van der Waals surface area contributed by atoms with Gasteiger partial charge < -0.3 is 14.9 Å². The van der Waals surface area contributed by atoms with Crippen LogP contribution in [0.5, 0.6) is 0 Å². The third kappa shape index (κ3) is 3.17. The van der Waals surface area contributed by atoms with Crippen molar-refractivity contribution in [1.29, 1.82) is 0 Å². The topological polar surface area (TPSA) is 70.0 Å². The van der Waals surface area contributed by atoms with Gasteiger partial charge >= 0.3 is 5.97 Å². The summed E-state index contributed by atoms with van der Waals surface area (Å²) >= 11 is 0. The van der Waals surface area contributed by atoms with Gasteiger partial charge in [0.25, 0.3) is 0 Å². The van der Waals surface area contributed by atoms with E-state index < -0.39 is 12.2 Å². The van der Waals surface area contributed by atoms with Crippen molar-refractivity contribution in [2.45, 2.75) is 44.9 Å². The molecule has 0 saturated carbocycles. The van der Waals surface area contributed by atoms with Gasteiger partial charge in [-0.15, -0.1) is 0 Å². The number of carbonyl (C=O) groups excluding carboxylic acids is 1. The molecule has 1 saturated heterocycles. The summed E-state index contributed by atoms with van der Waals surface area (Å²) in [5.74, 6) is -0.259. The van der Waals surface area contributed by atoms with E-state index in [1.54, 1.807) is 11.8 Å². The lowest BCUT2D eigenvalue weighted by molar-refractivity contribution is -0.149. The fourth-order valence-electron chi connectivity index (χ4n) is 2.01. The van der Waals surface area contributed by atoms with Crippen molar-refractivity contribution in [3.8, 4) is 0 Å². The van der Waals surface area contributed by atoms with Crippen molar-refractivity contribution in [2.75, 3.05) is 19.7 Å². The lowest BCUT2D eigenvalue weighted by Gasteiger charge is -2.25. The fourth-order valence-corrected chi connectivity index (χ4v) is 2.01. The van der Waals surface area contributed by atoms with Gasteiger partial charge in [0.15, 0.2) is 0 Å². The molecule has 1 rings (SSSR count). The Morgan fingerprint density at radius 3 is 2.38 bits per heavy atom. The highest BCUT2D eigenvalue weighted by Gasteiger charge is 2.36. The average Bonchev–Trinajstić information content (AvgIpc) is 2.55. The SMILES string of the molecule is CCC[C@H](C(=O)OCC)N1C[C@@H](O)[C@H](O)C1. The first-order valence-corrected chi connectivity index (χ1v) is 5.86. The second-order valence-corrected chi connectivity index (χ2v) is 4.15. The minimum absolute atomic E-state index is 0.259. The number of aliphatic hydroxyl groups is 2. The standard InChI is InChI=1S/C11H21NO4/c1-3-5-8(11(15)16-4-2)12-6-9(13)10(14)7-12/h8-10,13-14H,3-7H2,1-2H3/t8-,9-,10-/m1/s1. The molecule has 0 aromatic carbocycles. The normalized spacial score (nSPS) is 28.0. The minimum Gasteiger partial charge on any atom is -0.465 e. The van der Waals surface area contributed by atoms with Gasteiger partial charge in [-0.2, -0.15) is 0 Å². The van der Waals surface area contributed by atoms with Crippen LogP contribution >= 0.6 is 0 Å². The number of rotatable bonds is 5. The predicted molar refractivity (Wildman–Crippen MR) is 58.9 cm³/mol.